The van der Waals surface area contributed by atoms with Gasteiger partial charge in [-0.2, -0.15) is 0 Å². The maximum atomic E-state index is 5.58. The van der Waals surface area contributed by atoms with Crippen LogP contribution in [0.3, 0.4) is 0 Å². The molecule has 0 aliphatic rings. The zero-order valence-corrected chi connectivity index (χ0v) is 12.7. The maximum absolute atomic E-state index is 5.58. The number of aromatic nitrogens is 2. The molecule has 1 aromatic carbocycles. The molecular formula is C15H16N4OS. The van der Waals surface area contributed by atoms with E-state index in [1.807, 2.05) is 37.3 Å². The summed E-state index contributed by atoms with van der Waals surface area (Å²) in [4.78, 5) is 11.3. The normalized spacial score (nSPS) is 10.8. The lowest BCUT2D eigenvalue weighted by molar-refractivity contribution is 0.410. The van der Waals surface area contributed by atoms with Gasteiger partial charge in [0.15, 0.2) is 5.82 Å². The summed E-state index contributed by atoms with van der Waals surface area (Å²) in [6.45, 7) is 2.05. The van der Waals surface area contributed by atoms with Crippen LogP contribution in [0.15, 0.2) is 30.3 Å². The number of nitrogens with zero attached hydrogens (tertiary/aromatic N) is 2. The number of nitrogens with two attached hydrogens (primary N) is 1. The first kappa shape index (κ1) is 13.8. The monoisotopic (exact) mass is 300 g/mol. The Morgan fingerprint density at radius 1 is 1.29 bits per heavy atom. The van der Waals surface area contributed by atoms with Crippen LogP contribution in [0.4, 0.5) is 5.82 Å². The highest BCUT2D eigenvalue weighted by molar-refractivity contribution is 7.18. The van der Waals surface area contributed by atoms with Crippen LogP contribution in [0, 0.1) is 6.92 Å². The molecule has 0 aliphatic heterocycles. The Morgan fingerprint density at radius 2 is 2.10 bits per heavy atom. The fourth-order valence-corrected chi connectivity index (χ4v) is 3.19. The summed E-state index contributed by atoms with van der Waals surface area (Å²) >= 11 is 1.64. The van der Waals surface area contributed by atoms with Gasteiger partial charge < -0.3 is 10.2 Å². The Balaban J connectivity index is 2.04. The van der Waals surface area contributed by atoms with Gasteiger partial charge in [-0.1, -0.05) is 18.2 Å². The number of para-hydroxylation sites is 1. The van der Waals surface area contributed by atoms with Crippen LogP contribution >= 0.6 is 11.3 Å². The summed E-state index contributed by atoms with van der Waals surface area (Å²) in [5.41, 5.74) is 3.71. The number of fused-ring (bicyclic) bond motifs is 1. The molecule has 0 atom stereocenters. The second-order valence-corrected chi connectivity index (χ2v) is 5.93. The molecule has 0 saturated heterocycles. The zero-order valence-electron chi connectivity index (χ0n) is 11.9. The summed E-state index contributed by atoms with van der Waals surface area (Å²) in [5.74, 6) is 7.81. The zero-order chi connectivity index (χ0) is 14.8. The van der Waals surface area contributed by atoms with Crippen LogP contribution in [0.2, 0.25) is 0 Å². The van der Waals surface area contributed by atoms with Crippen molar-refractivity contribution in [1.29, 1.82) is 0 Å². The van der Waals surface area contributed by atoms with Crippen molar-refractivity contribution in [2.24, 2.45) is 5.84 Å². The van der Waals surface area contributed by atoms with E-state index in [1.54, 1.807) is 18.4 Å². The van der Waals surface area contributed by atoms with Gasteiger partial charge in [0.25, 0.3) is 0 Å². The molecule has 5 nitrogen and oxygen atoms in total. The number of anilines is 1. The van der Waals surface area contributed by atoms with Crippen molar-refractivity contribution in [2.45, 2.75) is 13.3 Å². The first-order valence-corrected chi connectivity index (χ1v) is 7.38. The SMILES string of the molecule is COc1ccccc1Cc1nc(NN)c2cc(C)sc2n1. The van der Waals surface area contributed by atoms with Gasteiger partial charge in [-0.3, -0.25) is 0 Å². The smallest absolute Gasteiger partial charge is 0.152 e. The minimum Gasteiger partial charge on any atom is -0.496 e. The number of methoxy groups -OCH3 is 1. The Kier molecular flexibility index (Phi) is 3.72. The van der Waals surface area contributed by atoms with Crippen LogP contribution in [0.1, 0.15) is 16.3 Å². The standard InChI is InChI=1S/C15H16N4OS/c1-9-7-11-14(19-16)17-13(18-15(11)21-9)8-10-5-3-4-6-12(10)20-2/h3-7H,8,16H2,1-2H3,(H,17,18,19). The van der Waals surface area contributed by atoms with E-state index in [9.17, 15) is 0 Å². The summed E-state index contributed by atoms with van der Waals surface area (Å²) in [7, 11) is 1.67. The minimum absolute atomic E-state index is 0.603. The molecule has 0 spiro atoms. The average molecular weight is 300 g/mol. The van der Waals surface area contributed by atoms with Gasteiger partial charge in [0.1, 0.15) is 16.4 Å². The quantitative estimate of drug-likeness (QED) is 0.572. The minimum atomic E-state index is 0.603. The molecule has 108 valence electrons. The second-order valence-electron chi connectivity index (χ2n) is 4.70. The largest absolute Gasteiger partial charge is 0.496 e. The molecule has 0 aliphatic carbocycles. The lowest BCUT2D eigenvalue weighted by Crippen LogP contribution is -2.11. The van der Waals surface area contributed by atoms with E-state index in [-0.39, 0.29) is 0 Å². The molecule has 0 unspecified atom stereocenters. The predicted octanol–water partition coefficient (Wildman–Crippen LogP) is 2.88. The van der Waals surface area contributed by atoms with Gasteiger partial charge in [0.2, 0.25) is 0 Å². The lowest BCUT2D eigenvalue weighted by Gasteiger charge is -2.08. The summed E-state index contributed by atoms with van der Waals surface area (Å²) in [6, 6.07) is 9.92. The van der Waals surface area contributed by atoms with Gasteiger partial charge in [-0.15, -0.1) is 11.3 Å². The average Bonchev–Trinajstić information content (AvgIpc) is 2.87. The summed E-state index contributed by atoms with van der Waals surface area (Å²) in [5, 5.41) is 0.962. The van der Waals surface area contributed by atoms with Gasteiger partial charge in [0.05, 0.1) is 12.5 Å². The van der Waals surface area contributed by atoms with Gasteiger partial charge in [-0.25, -0.2) is 15.8 Å². The Labute approximate surface area is 126 Å². The number of benzene rings is 1. The molecule has 0 radical (unpaired) electrons. The van der Waals surface area contributed by atoms with Crippen LogP contribution in [0.5, 0.6) is 5.75 Å². The van der Waals surface area contributed by atoms with E-state index in [1.165, 1.54) is 4.88 Å². The number of rotatable bonds is 4. The number of hydrogen-bond donors (Lipinski definition) is 2. The molecule has 0 fully saturated rings. The first-order valence-electron chi connectivity index (χ1n) is 6.57. The number of nitrogen functional groups attached to an aromatic ring is 1. The highest BCUT2D eigenvalue weighted by atomic mass is 32.1. The van der Waals surface area contributed by atoms with Crippen LogP contribution in [-0.4, -0.2) is 17.1 Å². The Hall–Kier alpha value is -2.18. The second kappa shape index (κ2) is 5.67. The lowest BCUT2D eigenvalue weighted by atomic mass is 10.1. The van der Waals surface area contributed by atoms with Crippen molar-refractivity contribution in [3.63, 3.8) is 0 Å². The molecule has 3 aromatic rings. The third kappa shape index (κ3) is 2.68. The van der Waals surface area contributed by atoms with Crippen LogP contribution in [-0.2, 0) is 6.42 Å². The highest BCUT2D eigenvalue weighted by Gasteiger charge is 2.11. The molecule has 6 heteroatoms. The predicted molar refractivity (Wildman–Crippen MR) is 85.8 cm³/mol. The van der Waals surface area contributed by atoms with Crippen molar-refractivity contribution in [3.05, 3.63) is 46.6 Å². The molecule has 2 aromatic heterocycles. The van der Waals surface area contributed by atoms with E-state index < -0.39 is 0 Å². The van der Waals surface area contributed by atoms with Crippen molar-refractivity contribution in [1.82, 2.24) is 9.97 Å². The molecule has 2 heterocycles. The van der Waals surface area contributed by atoms with E-state index in [0.717, 1.165) is 27.4 Å². The van der Waals surface area contributed by atoms with E-state index in [0.29, 0.717) is 12.2 Å². The highest BCUT2D eigenvalue weighted by Crippen LogP contribution is 2.29. The number of nitrogens with one attached hydrogen (secondary N) is 1. The van der Waals surface area contributed by atoms with E-state index >= 15 is 0 Å². The maximum Gasteiger partial charge on any atom is 0.152 e. The van der Waals surface area contributed by atoms with Crippen molar-refractivity contribution >= 4 is 27.4 Å². The molecule has 3 N–H and O–H groups in total. The number of hydrazine groups is 1. The van der Waals surface area contributed by atoms with E-state index in [4.69, 9.17) is 10.6 Å². The third-order valence-corrected chi connectivity index (χ3v) is 4.18. The fourth-order valence-electron chi connectivity index (χ4n) is 2.29. The fraction of sp³-hybridized carbons (Fsp3) is 0.200. The number of aryl methyl sites for hydroxylation is 1. The van der Waals surface area contributed by atoms with Gasteiger partial charge in [0, 0.05) is 16.9 Å². The van der Waals surface area contributed by atoms with Crippen molar-refractivity contribution in [2.75, 3.05) is 12.5 Å². The van der Waals surface area contributed by atoms with Crippen LogP contribution < -0.4 is 16.0 Å². The number of hydrogen-bond acceptors (Lipinski definition) is 6. The van der Waals surface area contributed by atoms with Gasteiger partial charge in [-0.05, 0) is 19.1 Å². The Bertz CT molecular complexity index is 784. The molecule has 0 bridgehead atoms. The first-order chi connectivity index (χ1) is 10.2. The molecule has 0 amide bonds. The van der Waals surface area contributed by atoms with Gasteiger partial charge >= 0.3 is 0 Å². The molecule has 3 rings (SSSR count). The van der Waals surface area contributed by atoms with Crippen LogP contribution in [0.25, 0.3) is 10.2 Å². The third-order valence-electron chi connectivity index (χ3n) is 3.24. The molecule has 0 saturated carbocycles. The summed E-state index contributed by atoms with van der Waals surface area (Å²) < 4.78 is 5.37. The summed E-state index contributed by atoms with van der Waals surface area (Å²) in [6.07, 6.45) is 0.603. The Morgan fingerprint density at radius 3 is 2.86 bits per heavy atom. The number of thiophene rings is 1. The molecular weight excluding hydrogens is 284 g/mol. The van der Waals surface area contributed by atoms with Crippen molar-refractivity contribution in [3.8, 4) is 5.75 Å². The molecule has 21 heavy (non-hydrogen) atoms. The number of ether oxygens (including phenoxy) is 1. The van der Waals surface area contributed by atoms with Crippen molar-refractivity contribution < 1.29 is 4.74 Å². The topological polar surface area (TPSA) is 73.1 Å². The van der Waals surface area contributed by atoms with E-state index in [2.05, 4.69) is 15.4 Å².